The molecule has 2 unspecified atom stereocenters. The minimum Gasteiger partial charge on any atom is -0.494 e. The highest BCUT2D eigenvalue weighted by Gasteiger charge is 2.41. The van der Waals surface area contributed by atoms with E-state index in [0.717, 1.165) is 21.3 Å². The number of carbonyl (C=O) groups is 1. The van der Waals surface area contributed by atoms with Crippen molar-refractivity contribution in [2.75, 3.05) is 6.61 Å². The second kappa shape index (κ2) is 8.71. The van der Waals surface area contributed by atoms with Crippen molar-refractivity contribution in [3.05, 3.63) is 64.5 Å². The number of hydrazone groups is 1. The lowest BCUT2D eigenvalue weighted by Gasteiger charge is -2.29. The Balaban J connectivity index is 1.25. The van der Waals surface area contributed by atoms with Crippen LogP contribution in [0.1, 0.15) is 30.8 Å². The topological polar surface area (TPSA) is 96.1 Å². The van der Waals surface area contributed by atoms with Crippen LogP contribution in [0.2, 0.25) is 0 Å². The van der Waals surface area contributed by atoms with E-state index in [1.54, 1.807) is 11.3 Å². The molecular weight excluding hydrogens is 476 g/mol. The molecule has 0 spiro atoms. The third-order valence-corrected chi connectivity index (χ3v) is 5.93. The molecule has 0 aliphatic carbocycles. The third kappa shape index (κ3) is 4.11. The smallest absolute Gasteiger partial charge is 0.267 e. The molecule has 2 aromatic carbocycles. The summed E-state index contributed by atoms with van der Waals surface area (Å²) in [6.07, 6.45) is 2.26. The molecule has 3 heterocycles. The Morgan fingerprint density at radius 1 is 1.19 bits per heavy atom. The number of halogens is 1. The number of rotatable bonds is 6. The molecule has 3 aromatic rings. The van der Waals surface area contributed by atoms with Crippen LogP contribution in [0.25, 0.3) is 11.4 Å². The molecule has 1 N–H and O–H groups in total. The molecule has 2 aliphatic rings. The molecule has 164 valence electrons. The second-order valence-corrected chi connectivity index (χ2v) is 8.40. The summed E-state index contributed by atoms with van der Waals surface area (Å²) in [6.45, 7) is 2.70. The van der Waals surface area contributed by atoms with Crippen molar-refractivity contribution < 1.29 is 14.1 Å². The van der Waals surface area contributed by atoms with Crippen LogP contribution < -0.4 is 10.2 Å². The van der Waals surface area contributed by atoms with Crippen molar-refractivity contribution in [3.63, 3.8) is 0 Å². The van der Waals surface area contributed by atoms with E-state index in [1.165, 1.54) is 5.01 Å². The largest absolute Gasteiger partial charge is 0.494 e. The molecule has 0 saturated carbocycles. The predicted molar refractivity (Wildman–Crippen MR) is 120 cm³/mol. The van der Waals surface area contributed by atoms with Crippen LogP contribution in [0, 0.1) is 0 Å². The highest BCUT2D eigenvalue weighted by Crippen LogP contribution is 2.31. The average molecular weight is 497 g/mol. The summed E-state index contributed by atoms with van der Waals surface area (Å²) in [5.74, 6) is 1.52. The standard InChI is InChI=1S/C22H21BrN6O3/c1-2-31-17-9-5-14(6-10-17)18-11-19-22(30)28(24-13-29(19)26-18)12-20-25-21(27-32-20)15-3-7-16(23)8-4-15/h3-10,13,18-19,26H,2,11-12H2,1H3. The number of amides is 1. The number of nitrogens with zero attached hydrogens (tertiary/aromatic N) is 5. The van der Waals surface area contributed by atoms with Crippen LogP contribution in [0.4, 0.5) is 0 Å². The number of fused-ring (bicyclic) bond motifs is 1. The number of ether oxygens (including phenoxy) is 1. The Morgan fingerprint density at radius 3 is 2.72 bits per heavy atom. The minimum absolute atomic E-state index is 0.0124. The molecule has 1 fully saturated rings. The summed E-state index contributed by atoms with van der Waals surface area (Å²) in [6, 6.07) is 15.2. The SMILES string of the molecule is CCOc1ccc(C2CC3C(=O)N(Cc4nc(-c5ccc(Br)cc5)no4)N=CN3N2)cc1. The predicted octanol–water partition coefficient (Wildman–Crippen LogP) is 3.50. The van der Waals surface area contributed by atoms with E-state index in [9.17, 15) is 4.79 Å². The molecule has 5 rings (SSSR count). The number of carbonyl (C=O) groups excluding carboxylic acids is 1. The Morgan fingerprint density at radius 2 is 1.97 bits per heavy atom. The number of aromatic nitrogens is 2. The molecule has 0 radical (unpaired) electrons. The van der Waals surface area contributed by atoms with Crippen LogP contribution >= 0.6 is 15.9 Å². The molecule has 10 heteroatoms. The summed E-state index contributed by atoms with van der Waals surface area (Å²) < 4.78 is 11.8. The molecule has 32 heavy (non-hydrogen) atoms. The van der Waals surface area contributed by atoms with Crippen LogP contribution in [-0.2, 0) is 11.3 Å². The molecule has 1 aromatic heterocycles. The average Bonchev–Trinajstić information content (AvgIpc) is 3.45. The van der Waals surface area contributed by atoms with E-state index in [4.69, 9.17) is 9.26 Å². The molecule has 0 bridgehead atoms. The molecular formula is C22H21BrN6O3. The third-order valence-electron chi connectivity index (χ3n) is 5.40. The maximum Gasteiger partial charge on any atom is 0.267 e. The van der Waals surface area contributed by atoms with Crippen molar-refractivity contribution in [2.24, 2.45) is 5.10 Å². The van der Waals surface area contributed by atoms with Gasteiger partial charge in [0.25, 0.3) is 5.91 Å². The second-order valence-electron chi connectivity index (χ2n) is 7.49. The van der Waals surface area contributed by atoms with Gasteiger partial charge >= 0.3 is 0 Å². The van der Waals surface area contributed by atoms with Crippen LogP contribution in [0.15, 0.2) is 62.6 Å². The molecule has 1 saturated heterocycles. The van der Waals surface area contributed by atoms with Gasteiger partial charge in [-0.2, -0.15) is 10.1 Å². The van der Waals surface area contributed by atoms with E-state index in [2.05, 4.69) is 36.6 Å². The summed E-state index contributed by atoms with van der Waals surface area (Å²) in [5, 5.41) is 11.4. The molecule has 2 atom stereocenters. The Labute approximate surface area is 193 Å². The lowest BCUT2D eigenvalue weighted by atomic mass is 10.0. The zero-order chi connectivity index (χ0) is 22.1. The molecule has 9 nitrogen and oxygen atoms in total. The fraction of sp³-hybridized carbons (Fsp3) is 0.273. The number of hydrogen-bond donors (Lipinski definition) is 1. The van der Waals surface area contributed by atoms with Gasteiger partial charge in [-0.15, -0.1) is 0 Å². The number of benzene rings is 2. The molecule has 1 amide bonds. The summed E-state index contributed by atoms with van der Waals surface area (Å²) in [7, 11) is 0. The van der Waals surface area contributed by atoms with Gasteiger partial charge in [-0.1, -0.05) is 33.2 Å². The van der Waals surface area contributed by atoms with Crippen molar-refractivity contribution >= 4 is 28.2 Å². The Bertz CT molecular complexity index is 1130. The maximum atomic E-state index is 13.1. The summed E-state index contributed by atoms with van der Waals surface area (Å²) in [5.41, 5.74) is 5.27. The first-order valence-electron chi connectivity index (χ1n) is 10.3. The van der Waals surface area contributed by atoms with Crippen molar-refractivity contribution in [2.45, 2.75) is 32.0 Å². The van der Waals surface area contributed by atoms with Gasteiger partial charge in [0, 0.05) is 10.0 Å². The van der Waals surface area contributed by atoms with Gasteiger partial charge in [-0.25, -0.2) is 10.4 Å². The zero-order valence-electron chi connectivity index (χ0n) is 17.3. The van der Waals surface area contributed by atoms with Gasteiger partial charge in [0.1, 0.15) is 24.7 Å². The van der Waals surface area contributed by atoms with E-state index in [-0.39, 0.29) is 24.5 Å². The van der Waals surface area contributed by atoms with Gasteiger partial charge < -0.3 is 9.26 Å². The van der Waals surface area contributed by atoms with Gasteiger partial charge in [0.2, 0.25) is 11.7 Å². The van der Waals surface area contributed by atoms with Gasteiger partial charge in [-0.05, 0) is 55.3 Å². The maximum absolute atomic E-state index is 13.1. The minimum atomic E-state index is -0.349. The van der Waals surface area contributed by atoms with Crippen molar-refractivity contribution in [3.8, 4) is 17.1 Å². The monoisotopic (exact) mass is 496 g/mol. The van der Waals surface area contributed by atoms with E-state index < -0.39 is 0 Å². The van der Waals surface area contributed by atoms with Crippen LogP contribution in [-0.4, -0.2) is 45.1 Å². The first-order valence-corrected chi connectivity index (χ1v) is 11.1. The first-order chi connectivity index (χ1) is 15.6. The van der Waals surface area contributed by atoms with Crippen molar-refractivity contribution in [1.82, 2.24) is 25.6 Å². The normalized spacial score (nSPS) is 20.0. The first kappa shape index (κ1) is 20.7. The van der Waals surface area contributed by atoms with E-state index >= 15 is 0 Å². The van der Waals surface area contributed by atoms with Gasteiger partial charge in [0.15, 0.2) is 0 Å². The van der Waals surface area contributed by atoms with E-state index in [1.807, 2.05) is 55.5 Å². The van der Waals surface area contributed by atoms with Gasteiger partial charge in [0.05, 0.1) is 12.6 Å². The lowest BCUT2D eigenvalue weighted by Crippen LogP contribution is -2.50. The quantitative estimate of drug-likeness (QED) is 0.557. The number of nitrogens with one attached hydrogen (secondary N) is 1. The number of hydrazine groups is 1. The zero-order valence-corrected chi connectivity index (χ0v) is 18.9. The van der Waals surface area contributed by atoms with E-state index in [0.29, 0.717) is 24.7 Å². The van der Waals surface area contributed by atoms with Crippen LogP contribution in [0.3, 0.4) is 0 Å². The van der Waals surface area contributed by atoms with Crippen molar-refractivity contribution in [1.29, 1.82) is 0 Å². The summed E-state index contributed by atoms with van der Waals surface area (Å²) in [4.78, 5) is 17.5. The fourth-order valence-electron chi connectivity index (χ4n) is 3.80. The Kier molecular flexibility index (Phi) is 5.62. The number of hydrogen-bond acceptors (Lipinski definition) is 8. The fourth-order valence-corrected chi connectivity index (χ4v) is 4.06. The highest BCUT2D eigenvalue weighted by atomic mass is 79.9. The lowest BCUT2D eigenvalue weighted by molar-refractivity contribution is -0.137. The van der Waals surface area contributed by atoms with Gasteiger partial charge in [-0.3, -0.25) is 9.80 Å². The molecule has 2 aliphatic heterocycles. The highest BCUT2D eigenvalue weighted by molar-refractivity contribution is 9.10. The summed E-state index contributed by atoms with van der Waals surface area (Å²) >= 11 is 3.41. The van der Waals surface area contributed by atoms with Crippen LogP contribution in [0.5, 0.6) is 5.75 Å². The Hall–Kier alpha value is -3.24.